The van der Waals surface area contributed by atoms with E-state index in [1.165, 1.54) is 0 Å². The lowest BCUT2D eigenvalue weighted by molar-refractivity contribution is -0.129. The number of benzene rings is 4. The number of guanidine groups is 1. The molecule has 0 saturated heterocycles. The Bertz CT molecular complexity index is 1350. The molecule has 4 aromatic rings. The van der Waals surface area contributed by atoms with E-state index in [0.717, 1.165) is 16.7 Å². The van der Waals surface area contributed by atoms with Gasteiger partial charge in [-0.3, -0.25) is 15.0 Å². The van der Waals surface area contributed by atoms with Crippen LogP contribution in [0.4, 0.5) is 5.69 Å². The highest BCUT2D eigenvalue weighted by Gasteiger charge is 2.29. The van der Waals surface area contributed by atoms with Crippen LogP contribution in [0.2, 0.25) is 0 Å². The van der Waals surface area contributed by atoms with E-state index < -0.39 is 17.9 Å². The van der Waals surface area contributed by atoms with Crippen LogP contribution in [-0.4, -0.2) is 22.9 Å². The summed E-state index contributed by atoms with van der Waals surface area (Å²) in [4.78, 5) is 27.3. The highest BCUT2D eigenvalue weighted by atomic mass is 16.3. The molecule has 0 spiro atoms. The second-order valence-electron chi connectivity index (χ2n) is 8.74. The molecule has 7 N–H and O–H groups in total. The maximum Gasteiger partial charge on any atom is 0.247 e. The second kappa shape index (κ2) is 12.2. The predicted molar refractivity (Wildman–Crippen MR) is 148 cm³/mol. The summed E-state index contributed by atoms with van der Waals surface area (Å²) in [7, 11) is 0. The van der Waals surface area contributed by atoms with Crippen molar-refractivity contribution in [2.24, 2.45) is 5.73 Å². The van der Waals surface area contributed by atoms with E-state index in [1.54, 1.807) is 48.5 Å². The van der Waals surface area contributed by atoms with Crippen molar-refractivity contribution in [1.29, 1.82) is 5.41 Å². The largest absolute Gasteiger partial charge is 0.508 e. The number of rotatable bonds is 9. The SMILES string of the molecule is N=C(N)Nc1cccc(C(NC(=O)C(c2ccccc2)c2ccccc2)C(=O)NCc2ccc(O)cc2)c1. The van der Waals surface area contributed by atoms with Gasteiger partial charge in [0.05, 0.1) is 5.92 Å². The number of nitrogens with one attached hydrogen (secondary N) is 4. The van der Waals surface area contributed by atoms with E-state index in [4.69, 9.17) is 11.1 Å². The number of carbonyl (C=O) groups excluding carboxylic acids is 2. The van der Waals surface area contributed by atoms with Gasteiger partial charge in [-0.1, -0.05) is 84.9 Å². The number of amides is 2. The van der Waals surface area contributed by atoms with Crippen LogP contribution in [-0.2, 0) is 16.1 Å². The van der Waals surface area contributed by atoms with Crippen LogP contribution in [0.5, 0.6) is 5.75 Å². The molecule has 0 aliphatic rings. The number of hydrogen-bond acceptors (Lipinski definition) is 4. The van der Waals surface area contributed by atoms with Crippen molar-refractivity contribution in [3.8, 4) is 5.75 Å². The molecule has 1 unspecified atom stereocenters. The molecule has 2 amide bonds. The first-order valence-corrected chi connectivity index (χ1v) is 12.1. The quantitative estimate of drug-likeness (QED) is 0.150. The third-order valence-corrected chi connectivity index (χ3v) is 5.98. The Morgan fingerprint density at radius 2 is 1.34 bits per heavy atom. The summed E-state index contributed by atoms with van der Waals surface area (Å²) < 4.78 is 0. The normalized spacial score (nSPS) is 11.4. The second-order valence-corrected chi connectivity index (χ2v) is 8.74. The lowest BCUT2D eigenvalue weighted by atomic mass is 9.90. The lowest BCUT2D eigenvalue weighted by Gasteiger charge is -2.24. The fourth-order valence-electron chi connectivity index (χ4n) is 4.17. The van der Waals surface area contributed by atoms with Gasteiger partial charge in [0.2, 0.25) is 11.8 Å². The van der Waals surface area contributed by atoms with E-state index in [2.05, 4.69) is 16.0 Å². The van der Waals surface area contributed by atoms with Gasteiger partial charge in [-0.05, 0) is 46.5 Å². The fraction of sp³-hybridized carbons (Fsp3) is 0.100. The minimum absolute atomic E-state index is 0.132. The van der Waals surface area contributed by atoms with Crippen molar-refractivity contribution in [2.75, 3.05) is 5.32 Å². The van der Waals surface area contributed by atoms with Gasteiger partial charge in [-0.2, -0.15) is 0 Å². The molecular weight excluding hydrogens is 478 g/mol. The number of aromatic hydroxyl groups is 1. The minimum Gasteiger partial charge on any atom is -0.508 e. The van der Waals surface area contributed by atoms with Crippen LogP contribution in [0.25, 0.3) is 0 Å². The molecule has 192 valence electrons. The Morgan fingerprint density at radius 1 is 0.763 bits per heavy atom. The van der Waals surface area contributed by atoms with Crippen LogP contribution in [0.1, 0.15) is 34.2 Å². The number of carbonyl (C=O) groups is 2. The first kappa shape index (κ1) is 26.0. The third-order valence-electron chi connectivity index (χ3n) is 5.98. The molecule has 0 aliphatic carbocycles. The highest BCUT2D eigenvalue weighted by molar-refractivity contribution is 5.94. The van der Waals surface area contributed by atoms with Gasteiger partial charge in [0.25, 0.3) is 0 Å². The molecule has 0 radical (unpaired) electrons. The number of phenols is 1. The summed E-state index contributed by atoms with van der Waals surface area (Å²) in [6, 6.07) is 31.1. The Hall–Kier alpha value is -5.11. The first-order valence-electron chi connectivity index (χ1n) is 12.1. The molecule has 0 aliphatic heterocycles. The Labute approximate surface area is 221 Å². The van der Waals surface area contributed by atoms with Gasteiger partial charge in [0.1, 0.15) is 11.8 Å². The van der Waals surface area contributed by atoms with Crippen LogP contribution >= 0.6 is 0 Å². The van der Waals surface area contributed by atoms with Gasteiger partial charge in [0.15, 0.2) is 5.96 Å². The van der Waals surface area contributed by atoms with Crippen molar-refractivity contribution in [2.45, 2.75) is 18.5 Å². The van der Waals surface area contributed by atoms with Crippen molar-refractivity contribution >= 4 is 23.5 Å². The maximum atomic E-state index is 13.8. The maximum absolute atomic E-state index is 13.8. The molecule has 0 aromatic heterocycles. The molecular formula is C30H29N5O3. The summed E-state index contributed by atoms with van der Waals surface area (Å²) in [6.07, 6.45) is 0. The zero-order chi connectivity index (χ0) is 26.9. The number of hydrogen-bond donors (Lipinski definition) is 6. The fourth-order valence-corrected chi connectivity index (χ4v) is 4.17. The predicted octanol–water partition coefficient (Wildman–Crippen LogP) is 4.00. The van der Waals surface area contributed by atoms with E-state index >= 15 is 0 Å². The Balaban J connectivity index is 1.65. The summed E-state index contributed by atoms with van der Waals surface area (Å²) in [5.74, 6) is -1.49. The molecule has 4 aromatic carbocycles. The highest BCUT2D eigenvalue weighted by Crippen LogP contribution is 2.27. The lowest BCUT2D eigenvalue weighted by Crippen LogP contribution is -2.42. The van der Waals surface area contributed by atoms with Gasteiger partial charge in [0, 0.05) is 12.2 Å². The average Bonchev–Trinajstić information content (AvgIpc) is 2.92. The molecule has 0 saturated carbocycles. The monoisotopic (exact) mass is 507 g/mol. The summed E-state index contributed by atoms with van der Waals surface area (Å²) in [5.41, 5.74) is 8.91. The summed E-state index contributed by atoms with van der Waals surface area (Å²) >= 11 is 0. The van der Waals surface area contributed by atoms with Gasteiger partial charge < -0.3 is 26.8 Å². The Kier molecular flexibility index (Phi) is 8.35. The molecule has 38 heavy (non-hydrogen) atoms. The van der Waals surface area contributed by atoms with E-state index in [-0.39, 0.29) is 24.2 Å². The third kappa shape index (κ3) is 6.76. The molecule has 0 heterocycles. The van der Waals surface area contributed by atoms with Crippen molar-refractivity contribution in [3.05, 3.63) is 131 Å². The van der Waals surface area contributed by atoms with E-state index in [0.29, 0.717) is 11.3 Å². The van der Waals surface area contributed by atoms with Gasteiger partial charge in [-0.25, -0.2) is 0 Å². The number of phenolic OH excluding ortho intramolecular Hbond substituents is 1. The topological polar surface area (TPSA) is 140 Å². The van der Waals surface area contributed by atoms with Crippen molar-refractivity contribution in [1.82, 2.24) is 10.6 Å². The van der Waals surface area contributed by atoms with Gasteiger partial charge >= 0.3 is 0 Å². The zero-order valence-electron chi connectivity index (χ0n) is 20.6. The van der Waals surface area contributed by atoms with E-state index in [9.17, 15) is 14.7 Å². The van der Waals surface area contributed by atoms with Crippen LogP contribution < -0.4 is 21.7 Å². The standard InChI is InChI=1S/C30H29N5O3/c31-30(32)34-24-13-7-12-23(18-24)27(29(38)33-19-20-14-16-25(36)17-15-20)35-28(37)26(21-8-3-1-4-9-21)22-10-5-2-6-11-22/h1-18,26-27,36H,19H2,(H,33,38)(H,35,37)(H4,31,32,34). The van der Waals surface area contributed by atoms with Crippen LogP contribution in [0.3, 0.4) is 0 Å². The number of anilines is 1. The van der Waals surface area contributed by atoms with Crippen molar-refractivity contribution < 1.29 is 14.7 Å². The molecule has 4 rings (SSSR count). The molecule has 0 fully saturated rings. The van der Waals surface area contributed by atoms with E-state index in [1.807, 2.05) is 60.7 Å². The molecule has 8 nitrogen and oxygen atoms in total. The number of nitrogens with two attached hydrogens (primary N) is 1. The summed E-state index contributed by atoms with van der Waals surface area (Å²) in [6.45, 7) is 0.206. The Morgan fingerprint density at radius 3 is 1.92 bits per heavy atom. The minimum atomic E-state index is -1.02. The smallest absolute Gasteiger partial charge is 0.247 e. The molecule has 1 atom stereocenters. The zero-order valence-corrected chi connectivity index (χ0v) is 20.6. The summed E-state index contributed by atoms with van der Waals surface area (Å²) in [5, 5.41) is 25.6. The average molecular weight is 508 g/mol. The van der Waals surface area contributed by atoms with Crippen molar-refractivity contribution in [3.63, 3.8) is 0 Å². The molecule has 8 heteroatoms. The molecule has 0 bridgehead atoms. The van der Waals surface area contributed by atoms with Crippen LogP contribution in [0.15, 0.2) is 109 Å². The first-order chi connectivity index (χ1) is 18.4. The van der Waals surface area contributed by atoms with Crippen LogP contribution in [0, 0.1) is 5.41 Å². The van der Waals surface area contributed by atoms with Gasteiger partial charge in [-0.15, -0.1) is 0 Å².